The number of carbonyl (C=O) groups excluding carboxylic acids is 1. The van der Waals surface area contributed by atoms with Gasteiger partial charge in [0.15, 0.2) is 0 Å². The molecule has 0 aliphatic carbocycles. The summed E-state index contributed by atoms with van der Waals surface area (Å²) < 4.78 is 2.62. The van der Waals surface area contributed by atoms with Crippen LogP contribution in [-0.2, 0) is 17.9 Å². The molecule has 0 aliphatic rings. The minimum absolute atomic E-state index is 0.0765. The van der Waals surface area contributed by atoms with E-state index in [4.69, 9.17) is 16.7 Å². The van der Waals surface area contributed by atoms with Gasteiger partial charge in [0.25, 0.3) is 0 Å². The molecule has 0 saturated heterocycles. The predicted molar refractivity (Wildman–Crippen MR) is 88.4 cm³/mol. The van der Waals surface area contributed by atoms with Crippen LogP contribution in [-0.4, -0.2) is 41.5 Å². The summed E-state index contributed by atoms with van der Waals surface area (Å²) in [5, 5.41) is 20.1. The van der Waals surface area contributed by atoms with Crippen LogP contribution in [0.25, 0.3) is 0 Å². The zero-order valence-corrected chi connectivity index (χ0v) is 13.6. The van der Waals surface area contributed by atoms with Gasteiger partial charge in [0, 0.05) is 11.2 Å². The first-order chi connectivity index (χ1) is 12.0. The third-order valence-electron chi connectivity index (χ3n) is 3.31. The van der Waals surface area contributed by atoms with Crippen LogP contribution in [0, 0.1) is 0 Å². The zero-order valence-electron chi connectivity index (χ0n) is 12.8. The van der Waals surface area contributed by atoms with Gasteiger partial charge in [0.2, 0.25) is 11.9 Å². The first-order valence-corrected chi connectivity index (χ1v) is 7.58. The van der Waals surface area contributed by atoms with Crippen molar-refractivity contribution in [2.75, 3.05) is 5.32 Å². The van der Waals surface area contributed by atoms with E-state index in [0.717, 1.165) is 10.2 Å². The van der Waals surface area contributed by atoms with Gasteiger partial charge in [-0.2, -0.15) is 5.10 Å². The van der Waals surface area contributed by atoms with Crippen molar-refractivity contribution in [1.29, 1.82) is 0 Å². The van der Waals surface area contributed by atoms with Gasteiger partial charge in [-0.05, 0) is 17.7 Å². The molecule has 0 fully saturated rings. The number of carboxylic acids is 1. The number of aromatic carboxylic acids is 1. The maximum atomic E-state index is 12.0. The van der Waals surface area contributed by atoms with Crippen LogP contribution in [0.15, 0.2) is 42.9 Å². The van der Waals surface area contributed by atoms with Gasteiger partial charge in [-0.1, -0.05) is 29.8 Å². The number of nitrogens with zero attached hydrogens (tertiary/aromatic N) is 5. The quantitative estimate of drug-likeness (QED) is 0.688. The lowest BCUT2D eigenvalue weighted by atomic mass is 10.2. The number of carbonyl (C=O) groups is 2. The summed E-state index contributed by atoms with van der Waals surface area (Å²) in [4.78, 5) is 27.0. The summed E-state index contributed by atoms with van der Waals surface area (Å²) in [5.74, 6) is -1.53. The number of carboxylic acid groups (broad SMARTS) is 1. The maximum Gasteiger partial charge on any atom is 0.354 e. The smallest absolute Gasteiger partial charge is 0.354 e. The van der Waals surface area contributed by atoms with E-state index in [1.54, 1.807) is 6.07 Å². The Morgan fingerprint density at radius 3 is 2.80 bits per heavy atom. The standard InChI is InChI=1S/C15H13ClN6O3/c16-11-4-2-1-3-10(11)7-21-9-17-15(20-21)19-13(23)8-22-12(14(24)25)5-6-18-22/h1-6,9H,7-8H2,(H,24,25)(H,19,20,23). The molecule has 9 nitrogen and oxygen atoms in total. The molecule has 0 bridgehead atoms. The second-order valence-electron chi connectivity index (χ2n) is 5.08. The number of hydrogen-bond acceptors (Lipinski definition) is 5. The van der Waals surface area contributed by atoms with Gasteiger partial charge < -0.3 is 5.11 Å². The number of benzene rings is 1. The van der Waals surface area contributed by atoms with Crippen LogP contribution in [0.3, 0.4) is 0 Å². The lowest BCUT2D eigenvalue weighted by Gasteiger charge is -2.04. The van der Waals surface area contributed by atoms with Gasteiger partial charge in [0.05, 0.1) is 6.54 Å². The first-order valence-electron chi connectivity index (χ1n) is 7.21. The summed E-state index contributed by atoms with van der Waals surface area (Å²) >= 11 is 6.10. The number of nitrogens with one attached hydrogen (secondary N) is 1. The van der Waals surface area contributed by atoms with Crippen LogP contribution in [0.5, 0.6) is 0 Å². The van der Waals surface area contributed by atoms with Gasteiger partial charge >= 0.3 is 5.97 Å². The third-order valence-corrected chi connectivity index (χ3v) is 3.68. The molecule has 0 radical (unpaired) electrons. The number of amides is 1. The molecule has 25 heavy (non-hydrogen) atoms. The first kappa shape index (κ1) is 16.7. The molecule has 2 heterocycles. The minimum Gasteiger partial charge on any atom is -0.477 e. The van der Waals surface area contributed by atoms with Gasteiger partial charge in [0.1, 0.15) is 18.6 Å². The lowest BCUT2D eigenvalue weighted by molar-refractivity contribution is -0.117. The molecule has 10 heteroatoms. The van der Waals surface area contributed by atoms with Crippen LogP contribution in [0.1, 0.15) is 16.1 Å². The van der Waals surface area contributed by atoms with Gasteiger partial charge in [-0.15, -0.1) is 5.10 Å². The Bertz CT molecular complexity index is 919. The minimum atomic E-state index is -1.16. The van der Waals surface area contributed by atoms with E-state index in [-0.39, 0.29) is 18.2 Å². The van der Waals surface area contributed by atoms with E-state index < -0.39 is 11.9 Å². The average Bonchev–Trinajstić information content (AvgIpc) is 3.19. The highest BCUT2D eigenvalue weighted by Gasteiger charge is 2.14. The van der Waals surface area contributed by atoms with E-state index >= 15 is 0 Å². The summed E-state index contributed by atoms with van der Waals surface area (Å²) in [6, 6.07) is 8.66. The second kappa shape index (κ2) is 7.14. The molecule has 2 aromatic heterocycles. The highest BCUT2D eigenvalue weighted by molar-refractivity contribution is 6.31. The fourth-order valence-electron chi connectivity index (χ4n) is 2.17. The van der Waals surface area contributed by atoms with Crippen molar-refractivity contribution in [2.45, 2.75) is 13.1 Å². The summed E-state index contributed by atoms with van der Waals surface area (Å²) in [5.41, 5.74) is 0.793. The zero-order chi connectivity index (χ0) is 17.8. The molecule has 0 atom stereocenters. The summed E-state index contributed by atoms with van der Waals surface area (Å²) in [6.45, 7) is 0.151. The Balaban J connectivity index is 1.63. The molecule has 0 aliphatic heterocycles. The largest absolute Gasteiger partial charge is 0.477 e. The Morgan fingerprint density at radius 2 is 2.04 bits per heavy atom. The fourth-order valence-corrected chi connectivity index (χ4v) is 2.37. The monoisotopic (exact) mass is 360 g/mol. The highest BCUT2D eigenvalue weighted by Crippen LogP contribution is 2.15. The second-order valence-corrected chi connectivity index (χ2v) is 5.49. The van der Waals surface area contributed by atoms with Crippen molar-refractivity contribution in [1.82, 2.24) is 24.5 Å². The molecule has 1 aromatic carbocycles. The third kappa shape index (κ3) is 4.01. The lowest BCUT2D eigenvalue weighted by Crippen LogP contribution is -2.22. The Hall–Kier alpha value is -3.20. The number of hydrogen-bond donors (Lipinski definition) is 2. The Labute approximate surface area is 146 Å². The SMILES string of the molecule is O=C(Cn1nccc1C(=O)O)Nc1ncn(Cc2ccccc2Cl)n1. The van der Waals surface area contributed by atoms with E-state index in [9.17, 15) is 9.59 Å². The van der Waals surface area contributed by atoms with Crippen LogP contribution in [0.2, 0.25) is 5.02 Å². The molecule has 0 saturated carbocycles. The van der Waals surface area contributed by atoms with Crippen LogP contribution in [0.4, 0.5) is 5.95 Å². The van der Waals surface area contributed by atoms with Gasteiger partial charge in [-0.25, -0.2) is 19.1 Å². The molecule has 3 rings (SSSR count). The number of anilines is 1. The van der Waals surface area contributed by atoms with Crippen LogP contribution < -0.4 is 5.32 Å². The summed E-state index contributed by atoms with van der Waals surface area (Å²) in [7, 11) is 0. The maximum absolute atomic E-state index is 12.0. The van der Waals surface area contributed by atoms with Crippen molar-refractivity contribution >= 4 is 29.4 Å². The summed E-state index contributed by atoms with van der Waals surface area (Å²) in [6.07, 6.45) is 2.78. The van der Waals surface area contributed by atoms with Crippen LogP contribution >= 0.6 is 11.6 Å². The van der Waals surface area contributed by atoms with Crippen molar-refractivity contribution in [3.8, 4) is 0 Å². The van der Waals surface area contributed by atoms with Gasteiger partial charge in [-0.3, -0.25) is 10.1 Å². The van der Waals surface area contributed by atoms with E-state index in [2.05, 4.69) is 20.5 Å². The molecular formula is C15H13ClN6O3. The highest BCUT2D eigenvalue weighted by atomic mass is 35.5. The Morgan fingerprint density at radius 1 is 1.24 bits per heavy atom. The van der Waals surface area contributed by atoms with Crippen molar-refractivity contribution in [3.05, 3.63) is 59.1 Å². The number of aromatic nitrogens is 5. The fraction of sp³-hybridized carbons (Fsp3) is 0.133. The van der Waals surface area contributed by atoms with Crippen molar-refractivity contribution in [2.24, 2.45) is 0 Å². The predicted octanol–water partition coefficient (Wildman–Crippen LogP) is 1.51. The topological polar surface area (TPSA) is 115 Å². The van der Waals surface area contributed by atoms with Crippen molar-refractivity contribution in [3.63, 3.8) is 0 Å². The van der Waals surface area contributed by atoms with Crippen molar-refractivity contribution < 1.29 is 14.7 Å². The molecule has 0 unspecified atom stereocenters. The van der Waals surface area contributed by atoms with E-state index in [0.29, 0.717) is 11.6 Å². The molecule has 128 valence electrons. The van der Waals surface area contributed by atoms with E-state index in [1.807, 2.05) is 18.2 Å². The normalized spacial score (nSPS) is 10.6. The number of halogens is 1. The molecule has 3 aromatic rings. The van der Waals surface area contributed by atoms with E-state index in [1.165, 1.54) is 23.3 Å². The molecule has 1 amide bonds. The molecular weight excluding hydrogens is 348 g/mol. The Kier molecular flexibility index (Phi) is 4.75. The molecule has 0 spiro atoms. The average molecular weight is 361 g/mol. The number of rotatable bonds is 6. The molecule has 2 N–H and O–H groups in total.